The van der Waals surface area contributed by atoms with E-state index in [2.05, 4.69) is 9.69 Å². The van der Waals surface area contributed by atoms with Gasteiger partial charge in [0.25, 0.3) is 5.91 Å². The van der Waals surface area contributed by atoms with Crippen molar-refractivity contribution < 1.29 is 4.79 Å². The summed E-state index contributed by atoms with van der Waals surface area (Å²) in [7, 11) is 0. The number of nitrogens with one attached hydrogen (secondary N) is 1. The van der Waals surface area contributed by atoms with E-state index in [1.807, 2.05) is 35.7 Å². The van der Waals surface area contributed by atoms with Crippen molar-refractivity contribution in [2.45, 2.75) is 0 Å². The Labute approximate surface area is 96.6 Å². The van der Waals surface area contributed by atoms with Crippen LogP contribution in [0.1, 0.15) is 11.1 Å². The number of carbonyl (C=O) groups excluding carboxylic acids is 1. The van der Waals surface area contributed by atoms with Crippen LogP contribution in [0.3, 0.4) is 0 Å². The minimum atomic E-state index is -0.0487. The minimum absolute atomic E-state index is 0.0487. The molecule has 1 aromatic heterocycles. The molecule has 16 heavy (non-hydrogen) atoms. The summed E-state index contributed by atoms with van der Waals surface area (Å²) in [6, 6.07) is 7.69. The molecule has 1 aliphatic rings. The monoisotopic (exact) mass is 228 g/mol. The zero-order chi connectivity index (χ0) is 11.0. The lowest BCUT2D eigenvalue weighted by Gasteiger charge is -1.95. The Morgan fingerprint density at radius 1 is 1.31 bits per heavy atom. The average Bonchev–Trinajstić information content (AvgIpc) is 2.89. The van der Waals surface area contributed by atoms with Crippen molar-refractivity contribution in [3.63, 3.8) is 0 Å². The molecule has 78 valence electrons. The van der Waals surface area contributed by atoms with Crippen LogP contribution in [0.15, 0.2) is 35.8 Å². The number of carbonyl (C=O) groups is 1. The first-order chi connectivity index (χ1) is 7.84. The first-order valence-electron chi connectivity index (χ1n) is 4.86. The van der Waals surface area contributed by atoms with Crippen LogP contribution in [0.2, 0.25) is 0 Å². The molecule has 2 heterocycles. The van der Waals surface area contributed by atoms with Crippen molar-refractivity contribution in [1.82, 2.24) is 4.37 Å². The van der Waals surface area contributed by atoms with E-state index in [0.717, 1.165) is 16.8 Å². The summed E-state index contributed by atoms with van der Waals surface area (Å²) < 4.78 is 4.01. The second-order valence-electron chi connectivity index (χ2n) is 3.52. The number of hydrogen-bond donors (Lipinski definition) is 1. The topological polar surface area (TPSA) is 42.0 Å². The molecule has 0 aliphatic carbocycles. The summed E-state index contributed by atoms with van der Waals surface area (Å²) in [6.45, 7) is 0. The number of para-hydroxylation sites is 1. The maximum Gasteiger partial charge on any atom is 0.256 e. The average molecular weight is 228 g/mol. The summed E-state index contributed by atoms with van der Waals surface area (Å²) in [5.74, 6) is -0.0487. The Morgan fingerprint density at radius 2 is 2.19 bits per heavy atom. The fourth-order valence-electron chi connectivity index (χ4n) is 1.73. The quantitative estimate of drug-likeness (QED) is 0.762. The number of nitrogens with zero attached hydrogens (tertiary/aromatic N) is 1. The van der Waals surface area contributed by atoms with Gasteiger partial charge < -0.3 is 5.32 Å². The second kappa shape index (κ2) is 3.57. The molecule has 1 N–H and O–H groups in total. The van der Waals surface area contributed by atoms with E-state index < -0.39 is 0 Å². The highest BCUT2D eigenvalue weighted by Crippen LogP contribution is 2.32. The van der Waals surface area contributed by atoms with Gasteiger partial charge in [0.2, 0.25) is 0 Å². The second-order valence-corrected chi connectivity index (χ2v) is 4.17. The van der Waals surface area contributed by atoms with Crippen LogP contribution in [-0.2, 0) is 4.79 Å². The van der Waals surface area contributed by atoms with Crippen LogP contribution in [-0.4, -0.2) is 10.3 Å². The molecule has 0 saturated carbocycles. The Kier molecular flexibility index (Phi) is 2.08. The molecular formula is C12H8N2OS. The van der Waals surface area contributed by atoms with Crippen molar-refractivity contribution in [3.8, 4) is 0 Å². The summed E-state index contributed by atoms with van der Waals surface area (Å²) in [5.41, 5.74) is 3.50. The lowest BCUT2D eigenvalue weighted by Crippen LogP contribution is -2.03. The van der Waals surface area contributed by atoms with Gasteiger partial charge in [-0.3, -0.25) is 4.79 Å². The third-order valence-corrected chi connectivity index (χ3v) is 3.08. The molecule has 0 spiro atoms. The molecule has 3 rings (SSSR count). The van der Waals surface area contributed by atoms with Gasteiger partial charge in [0.15, 0.2) is 0 Å². The van der Waals surface area contributed by atoms with Gasteiger partial charge in [0.05, 0.1) is 0 Å². The number of amides is 1. The molecule has 0 radical (unpaired) electrons. The molecule has 1 aliphatic heterocycles. The fourth-order valence-corrected chi connectivity index (χ4v) is 2.23. The first kappa shape index (κ1) is 9.30. The highest BCUT2D eigenvalue weighted by Gasteiger charge is 2.23. The van der Waals surface area contributed by atoms with E-state index in [-0.39, 0.29) is 5.91 Å². The summed E-state index contributed by atoms with van der Waals surface area (Å²) >= 11 is 1.38. The number of aromatic nitrogens is 1. The van der Waals surface area contributed by atoms with Crippen molar-refractivity contribution in [1.29, 1.82) is 0 Å². The SMILES string of the molecule is O=C1Nc2ccccc2/C1=C/c1cnsc1. The molecule has 1 amide bonds. The Balaban J connectivity index is 2.12. The van der Waals surface area contributed by atoms with Gasteiger partial charge in [-0.25, -0.2) is 4.37 Å². The predicted molar refractivity (Wildman–Crippen MR) is 65.1 cm³/mol. The molecule has 0 unspecified atom stereocenters. The van der Waals surface area contributed by atoms with Crippen molar-refractivity contribution in [2.75, 3.05) is 5.32 Å². The minimum Gasteiger partial charge on any atom is -0.321 e. The Bertz CT molecular complexity index is 572. The van der Waals surface area contributed by atoms with Crippen LogP contribution in [0.25, 0.3) is 11.6 Å². The number of hydrogen-bond acceptors (Lipinski definition) is 3. The fraction of sp³-hybridized carbons (Fsp3) is 0. The van der Waals surface area contributed by atoms with Crippen LogP contribution in [0.5, 0.6) is 0 Å². The largest absolute Gasteiger partial charge is 0.321 e. The zero-order valence-electron chi connectivity index (χ0n) is 8.31. The van der Waals surface area contributed by atoms with Crippen LogP contribution < -0.4 is 5.32 Å². The highest BCUT2D eigenvalue weighted by atomic mass is 32.1. The van der Waals surface area contributed by atoms with Crippen LogP contribution in [0.4, 0.5) is 5.69 Å². The van der Waals surface area contributed by atoms with Crippen LogP contribution >= 0.6 is 11.5 Å². The highest BCUT2D eigenvalue weighted by molar-refractivity contribution is 7.03. The van der Waals surface area contributed by atoms with Crippen molar-refractivity contribution >= 4 is 34.8 Å². The third kappa shape index (κ3) is 1.44. The van der Waals surface area contributed by atoms with E-state index in [1.165, 1.54) is 11.5 Å². The van der Waals surface area contributed by atoms with Gasteiger partial charge in [0, 0.05) is 34.0 Å². The third-order valence-electron chi connectivity index (χ3n) is 2.47. The smallest absolute Gasteiger partial charge is 0.256 e. The molecule has 3 nitrogen and oxygen atoms in total. The lowest BCUT2D eigenvalue weighted by atomic mass is 10.1. The number of rotatable bonds is 1. The van der Waals surface area contributed by atoms with Gasteiger partial charge >= 0.3 is 0 Å². The molecule has 0 fully saturated rings. The molecule has 4 heteroatoms. The predicted octanol–water partition coefficient (Wildman–Crippen LogP) is 2.64. The molecule has 0 saturated heterocycles. The van der Waals surface area contributed by atoms with E-state index in [9.17, 15) is 4.79 Å². The standard InChI is InChI=1S/C12H8N2OS/c15-12-10(5-8-6-13-16-7-8)9-3-1-2-4-11(9)14-12/h1-7H,(H,14,15)/b10-5-. The van der Waals surface area contributed by atoms with E-state index in [4.69, 9.17) is 0 Å². The first-order valence-corrected chi connectivity index (χ1v) is 5.70. The maximum absolute atomic E-state index is 11.8. The molecule has 0 bridgehead atoms. The molecule has 1 aromatic carbocycles. The number of benzene rings is 1. The van der Waals surface area contributed by atoms with Gasteiger partial charge in [-0.05, 0) is 23.7 Å². The zero-order valence-corrected chi connectivity index (χ0v) is 9.12. The van der Waals surface area contributed by atoms with E-state index in [0.29, 0.717) is 5.57 Å². The Hall–Kier alpha value is -1.94. The van der Waals surface area contributed by atoms with Crippen molar-refractivity contribution in [3.05, 3.63) is 47.0 Å². The maximum atomic E-state index is 11.8. The van der Waals surface area contributed by atoms with Gasteiger partial charge in [-0.1, -0.05) is 18.2 Å². The summed E-state index contributed by atoms with van der Waals surface area (Å²) in [6.07, 6.45) is 3.62. The van der Waals surface area contributed by atoms with Crippen molar-refractivity contribution in [2.24, 2.45) is 0 Å². The van der Waals surface area contributed by atoms with Gasteiger partial charge in [-0.15, -0.1) is 0 Å². The number of fused-ring (bicyclic) bond motifs is 1. The summed E-state index contributed by atoms with van der Waals surface area (Å²) in [5, 5.41) is 4.75. The van der Waals surface area contributed by atoms with Gasteiger partial charge in [-0.2, -0.15) is 0 Å². The number of anilines is 1. The Morgan fingerprint density at radius 3 is 3.00 bits per heavy atom. The van der Waals surface area contributed by atoms with E-state index in [1.54, 1.807) is 6.20 Å². The normalized spacial score (nSPS) is 16.2. The molecular weight excluding hydrogens is 220 g/mol. The summed E-state index contributed by atoms with van der Waals surface area (Å²) in [4.78, 5) is 11.8. The molecule has 0 atom stereocenters. The molecule has 2 aromatic rings. The van der Waals surface area contributed by atoms with Crippen LogP contribution in [0, 0.1) is 0 Å². The van der Waals surface area contributed by atoms with Gasteiger partial charge in [0.1, 0.15) is 0 Å². The lowest BCUT2D eigenvalue weighted by molar-refractivity contribution is -0.110. The van der Waals surface area contributed by atoms with E-state index >= 15 is 0 Å².